The number of pyridine rings is 1. The topological polar surface area (TPSA) is 12.9 Å². The molecule has 0 bridgehead atoms. The molecule has 8 heavy (non-hydrogen) atoms. The Labute approximate surface area is 55.3 Å². The van der Waals surface area contributed by atoms with Gasteiger partial charge < -0.3 is 0 Å². The lowest BCUT2D eigenvalue weighted by Gasteiger charge is -1.89. The van der Waals surface area contributed by atoms with E-state index in [0.29, 0.717) is 5.15 Å². The van der Waals surface area contributed by atoms with Crippen molar-refractivity contribution in [2.75, 3.05) is 0 Å². The molecule has 1 heterocycles. The lowest BCUT2D eigenvalue weighted by molar-refractivity contribution is 1.35. The highest BCUT2D eigenvalue weighted by Crippen LogP contribution is 2.01. The van der Waals surface area contributed by atoms with Gasteiger partial charge in [0.15, 0.2) is 0 Å². The Kier molecular flexibility index (Phi) is 1.82. The largest absolute Gasteiger partial charge is 0.244 e. The van der Waals surface area contributed by atoms with Gasteiger partial charge in [0.2, 0.25) is 0 Å². The smallest absolute Gasteiger partial charge is 0.136 e. The third-order valence-electron chi connectivity index (χ3n) is 0.788. The van der Waals surface area contributed by atoms with E-state index in [9.17, 15) is 0 Å². The highest BCUT2D eigenvalue weighted by molar-refractivity contribution is 7.27. The maximum atomic E-state index is 5.58. The molecule has 0 N–H and O–H groups in total. The minimum Gasteiger partial charge on any atom is -0.244 e. The van der Waals surface area contributed by atoms with E-state index < -0.39 is 0 Å². The summed E-state index contributed by atoms with van der Waals surface area (Å²) in [5.41, 5.74) is 0. The first-order chi connectivity index (χ1) is 3.80. The van der Waals surface area contributed by atoms with Crippen molar-refractivity contribution in [3.63, 3.8) is 0 Å². The van der Waals surface area contributed by atoms with Crippen LogP contribution in [0.3, 0.4) is 0 Å². The number of hydrogen-bond donors (Lipinski definition) is 0. The molecule has 0 amide bonds. The zero-order valence-corrected chi connectivity index (χ0v) is 6.05. The molecule has 1 atom stereocenters. The van der Waals surface area contributed by atoms with Gasteiger partial charge in [-0.1, -0.05) is 17.7 Å². The van der Waals surface area contributed by atoms with Gasteiger partial charge >= 0.3 is 0 Å². The molecule has 0 aromatic carbocycles. The number of halogens is 1. The van der Waals surface area contributed by atoms with E-state index in [0.717, 1.165) is 5.30 Å². The standard InChI is InChI=1S/C5H5ClNP/c6-5-4(8)2-1-3-7-5/h1-3H,8H2. The van der Waals surface area contributed by atoms with Gasteiger partial charge in [-0.05, 0) is 6.07 Å². The van der Waals surface area contributed by atoms with Crippen molar-refractivity contribution in [2.24, 2.45) is 0 Å². The van der Waals surface area contributed by atoms with Gasteiger partial charge in [0, 0.05) is 11.5 Å². The van der Waals surface area contributed by atoms with Crippen LogP contribution in [0.2, 0.25) is 5.15 Å². The summed E-state index contributed by atoms with van der Waals surface area (Å²) in [4.78, 5) is 3.82. The highest BCUT2D eigenvalue weighted by Gasteiger charge is 1.88. The Morgan fingerprint density at radius 1 is 1.62 bits per heavy atom. The fraction of sp³-hybridized carbons (Fsp3) is 0. The second-order valence-corrected chi connectivity index (χ2v) is 2.36. The Hall–Kier alpha value is -0.130. The van der Waals surface area contributed by atoms with Crippen LogP contribution in [0.4, 0.5) is 0 Å². The van der Waals surface area contributed by atoms with Gasteiger partial charge in [-0.15, -0.1) is 9.24 Å². The molecular weight excluding hydrogens is 140 g/mol. The molecule has 3 heteroatoms. The lowest BCUT2D eigenvalue weighted by atomic mass is 10.5. The van der Waals surface area contributed by atoms with E-state index in [4.69, 9.17) is 11.6 Å². The molecule has 42 valence electrons. The summed E-state index contributed by atoms with van der Waals surface area (Å²) in [7, 11) is 2.49. The predicted octanol–water partition coefficient (Wildman–Crippen LogP) is 1.24. The quantitative estimate of drug-likeness (QED) is 0.395. The third kappa shape index (κ3) is 1.18. The fourth-order valence-corrected chi connectivity index (χ4v) is 0.703. The van der Waals surface area contributed by atoms with Gasteiger partial charge in [-0.3, -0.25) is 0 Å². The zero-order chi connectivity index (χ0) is 5.98. The van der Waals surface area contributed by atoms with Crippen molar-refractivity contribution in [3.05, 3.63) is 23.5 Å². The minimum atomic E-state index is 0.553. The van der Waals surface area contributed by atoms with Crippen LogP contribution >= 0.6 is 20.8 Å². The van der Waals surface area contributed by atoms with Crippen LogP contribution in [0.25, 0.3) is 0 Å². The second-order valence-electron chi connectivity index (χ2n) is 1.38. The second kappa shape index (κ2) is 2.43. The van der Waals surface area contributed by atoms with Crippen LogP contribution in [-0.4, -0.2) is 4.98 Å². The molecule has 1 unspecified atom stereocenters. The van der Waals surface area contributed by atoms with E-state index in [1.165, 1.54) is 0 Å². The normalized spacial score (nSPS) is 9.25. The molecule has 0 aliphatic heterocycles. The monoisotopic (exact) mass is 145 g/mol. The maximum Gasteiger partial charge on any atom is 0.136 e. The SMILES string of the molecule is Pc1cccnc1Cl. The number of nitrogens with zero attached hydrogens (tertiary/aromatic N) is 1. The minimum absolute atomic E-state index is 0.553. The molecule has 1 nitrogen and oxygen atoms in total. The van der Waals surface area contributed by atoms with Crippen LogP contribution < -0.4 is 5.30 Å². The summed E-state index contributed by atoms with van der Waals surface area (Å²) in [6, 6.07) is 3.73. The average Bonchev–Trinajstić information content (AvgIpc) is 1.77. The molecule has 1 rings (SSSR count). The van der Waals surface area contributed by atoms with Crippen LogP contribution in [-0.2, 0) is 0 Å². The first-order valence-corrected chi connectivity index (χ1v) is 3.12. The van der Waals surface area contributed by atoms with Gasteiger partial charge in [0.1, 0.15) is 5.15 Å². The Bertz CT molecular complexity index is 169. The summed E-state index contributed by atoms with van der Waals surface area (Å²) in [5, 5.41) is 1.49. The molecule has 0 aliphatic carbocycles. The highest BCUT2D eigenvalue weighted by atomic mass is 35.5. The summed E-state index contributed by atoms with van der Waals surface area (Å²) in [6.07, 6.45) is 1.66. The van der Waals surface area contributed by atoms with Crippen molar-refractivity contribution in [2.45, 2.75) is 0 Å². The third-order valence-corrected chi connectivity index (χ3v) is 1.75. The van der Waals surface area contributed by atoms with E-state index in [1.54, 1.807) is 6.20 Å². The predicted molar refractivity (Wildman–Crippen MR) is 38.6 cm³/mol. The molecule has 1 aromatic rings. The van der Waals surface area contributed by atoms with E-state index >= 15 is 0 Å². The van der Waals surface area contributed by atoms with Crippen molar-refractivity contribution in [1.82, 2.24) is 4.98 Å². The van der Waals surface area contributed by atoms with Crippen molar-refractivity contribution < 1.29 is 0 Å². The molecule has 0 saturated heterocycles. The van der Waals surface area contributed by atoms with Crippen molar-refractivity contribution in [1.29, 1.82) is 0 Å². The summed E-state index contributed by atoms with van der Waals surface area (Å²) >= 11 is 5.58. The summed E-state index contributed by atoms with van der Waals surface area (Å²) in [5.74, 6) is 0. The molecule has 1 aromatic heterocycles. The van der Waals surface area contributed by atoms with E-state index in [1.807, 2.05) is 12.1 Å². The molecule has 0 spiro atoms. The Morgan fingerprint density at radius 3 is 2.75 bits per heavy atom. The molecular formula is C5H5ClNP. The van der Waals surface area contributed by atoms with Crippen LogP contribution in [0, 0.1) is 0 Å². The number of hydrogen-bond acceptors (Lipinski definition) is 1. The van der Waals surface area contributed by atoms with Gasteiger partial charge in [-0.2, -0.15) is 0 Å². The summed E-state index contributed by atoms with van der Waals surface area (Å²) < 4.78 is 0. The van der Waals surface area contributed by atoms with Crippen molar-refractivity contribution >= 4 is 26.1 Å². The van der Waals surface area contributed by atoms with E-state index in [2.05, 4.69) is 14.2 Å². The summed E-state index contributed by atoms with van der Waals surface area (Å²) in [6.45, 7) is 0. The first kappa shape index (κ1) is 6.00. The van der Waals surface area contributed by atoms with Crippen LogP contribution in [0.15, 0.2) is 18.3 Å². The fourth-order valence-electron chi connectivity index (χ4n) is 0.398. The first-order valence-electron chi connectivity index (χ1n) is 2.16. The van der Waals surface area contributed by atoms with Crippen molar-refractivity contribution in [3.8, 4) is 0 Å². The Morgan fingerprint density at radius 2 is 2.38 bits per heavy atom. The van der Waals surface area contributed by atoms with Gasteiger partial charge in [-0.25, -0.2) is 4.98 Å². The molecule has 0 fully saturated rings. The zero-order valence-electron chi connectivity index (χ0n) is 4.13. The average molecular weight is 146 g/mol. The molecule has 0 saturated carbocycles. The van der Waals surface area contributed by atoms with Gasteiger partial charge in [0.25, 0.3) is 0 Å². The number of aromatic nitrogens is 1. The lowest BCUT2D eigenvalue weighted by Crippen LogP contribution is -1.91. The van der Waals surface area contributed by atoms with Crippen LogP contribution in [0.1, 0.15) is 0 Å². The van der Waals surface area contributed by atoms with Gasteiger partial charge in [0.05, 0.1) is 0 Å². The number of rotatable bonds is 0. The van der Waals surface area contributed by atoms with E-state index in [-0.39, 0.29) is 0 Å². The maximum absolute atomic E-state index is 5.58. The van der Waals surface area contributed by atoms with Crippen LogP contribution in [0.5, 0.6) is 0 Å². The molecule has 0 aliphatic rings. The molecule has 0 radical (unpaired) electrons. The Balaban J connectivity index is 3.13.